The Labute approximate surface area is 112 Å². The van der Waals surface area contributed by atoms with Gasteiger partial charge in [-0.15, -0.1) is 0 Å². The molecule has 2 atom stereocenters. The zero-order valence-corrected chi connectivity index (χ0v) is 12.0. The summed E-state index contributed by atoms with van der Waals surface area (Å²) < 4.78 is 0. The first kappa shape index (κ1) is 14.2. The van der Waals surface area contributed by atoms with Gasteiger partial charge in [0.05, 0.1) is 4.83 Å². The lowest BCUT2D eigenvalue weighted by Gasteiger charge is -2.15. The number of aryl methyl sites for hydroxylation is 1. The van der Waals surface area contributed by atoms with Crippen LogP contribution in [0.5, 0.6) is 0 Å². The van der Waals surface area contributed by atoms with Gasteiger partial charge in [-0.3, -0.25) is 4.79 Å². The highest BCUT2D eigenvalue weighted by atomic mass is 79.9. The second-order valence-electron chi connectivity index (χ2n) is 4.31. The monoisotopic (exact) mass is 297 g/mol. The predicted octanol–water partition coefficient (Wildman–Crippen LogP) is 3.30. The Kier molecular flexibility index (Phi) is 6.27. The van der Waals surface area contributed by atoms with Crippen molar-refractivity contribution in [3.05, 3.63) is 35.9 Å². The van der Waals surface area contributed by atoms with E-state index in [2.05, 4.69) is 40.3 Å². The summed E-state index contributed by atoms with van der Waals surface area (Å²) in [7, 11) is 0. The number of hydrogen-bond donors (Lipinski definition) is 1. The lowest BCUT2D eigenvalue weighted by molar-refractivity contribution is -0.121. The van der Waals surface area contributed by atoms with Crippen molar-refractivity contribution in [3.8, 4) is 0 Å². The fourth-order valence-corrected chi connectivity index (χ4v) is 1.75. The molecule has 0 spiro atoms. The van der Waals surface area contributed by atoms with E-state index in [4.69, 9.17) is 0 Å². The van der Waals surface area contributed by atoms with Crippen molar-refractivity contribution in [2.75, 3.05) is 0 Å². The second-order valence-corrected chi connectivity index (χ2v) is 5.42. The molecule has 0 saturated carbocycles. The summed E-state index contributed by atoms with van der Waals surface area (Å²) in [6.07, 6.45) is 2.79. The molecule has 0 bridgehead atoms. The molecule has 3 heteroatoms. The smallest absolute Gasteiger partial charge is 0.233 e. The topological polar surface area (TPSA) is 29.1 Å². The number of amides is 1. The molecule has 1 aromatic rings. The average molecular weight is 298 g/mol. The second kappa shape index (κ2) is 7.49. The van der Waals surface area contributed by atoms with E-state index in [0.717, 1.165) is 19.3 Å². The highest BCUT2D eigenvalue weighted by Crippen LogP contribution is 2.07. The van der Waals surface area contributed by atoms with Crippen LogP contribution in [0, 0.1) is 0 Å². The summed E-state index contributed by atoms with van der Waals surface area (Å²) in [6, 6.07) is 10.6. The van der Waals surface area contributed by atoms with Gasteiger partial charge < -0.3 is 5.32 Å². The SMILES string of the molecule is CC[C@@H](Br)C(=O)N[C@@H](C)CCc1ccccc1. The van der Waals surface area contributed by atoms with Crippen LogP contribution in [0.4, 0.5) is 0 Å². The summed E-state index contributed by atoms with van der Waals surface area (Å²) in [5.41, 5.74) is 1.32. The molecular formula is C14H20BrNO. The number of rotatable bonds is 6. The molecule has 0 aliphatic heterocycles. The average Bonchev–Trinajstić information content (AvgIpc) is 2.36. The summed E-state index contributed by atoms with van der Waals surface area (Å²) >= 11 is 3.35. The van der Waals surface area contributed by atoms with Crippen LogP contribution in [0.15, 0.2) is 30.3 Å². The highest BCUT2D eigenvalue weighted by molar-refractivity contribution is 9.10. The number of nitrogens with one attached hydrogen (secondary N) is 1. The molecule has 1 rings (SSSR count). The molecule has 1 aromatic carbocycles. The third kappa shape index (κ3) is 5.35. The zero-order valence-electron chi connectivity index (χ0n) is 10.4. The van der Waals surface area contributed by atoms with Gasteiger partial charge in [-0.05, 0) is 31.7 Å². The van der Waals surface area contributed by atoms with E-state index in [9.17, 15) is 4.79 Å². The molecule has 94 valence electrons. The number of benzene rings is 1. The first-order valence-electron chi connectivity index (χ1n) is 6.11. The Morgan fingerprint density at radius 2 is 2.00 bits per heavy atom. The van der Waals surface area contributed by atoms with Crippen molar-refractivity contribution in [2.24, 2.45) is 0 Å². The van der Waals surface area contributed by atoms with Crippen LogP contribution < -0.4 is 5.32 Å². The third-order valence-corrected chi connectivity index (χ3v) is 3.80. The van der Waals surface area contributed by atoms with Crippen LogP contribution in [0.1, 0.15) is 32.3 Å². The molecule has 0 aliphatic carbocycles. The fraction of sp³-hybridized carbons (Fsp3) is 0.500. The standard InChI is InChI=1S/C14H20BrNO/c1-3-13(15)14(17)16-11(2)9-10-12-7-5-4-6-8-12/h4-8,11,13H,3,9-10H2,1-2H3,(H,16,17)/t11-,13+/m0/s1. The van der Waals surface area contributed by atoms with Gasteiger partial charge >= 0.3 is 0 Å². The van der Waals surface area contributed by atoms with Crippen LogP contribution in [-0.2, 0) is 11.2 Å². The molecule has 0 fully saturated rings. The van der Waals surface area contributed by atoms with Crippen LogP contribution in [0.3, 0.4) is 0 Å². The molecule has 1 N–H and O–H groups in total. The number of hydrogen-bond acceptors (Lipinski definition) is 1. The molecule has 0 saturated heterocycles. The number of carbonyl (C=O) groups is 1. The molecule has 2 nitrogen and oxygen atoms in total. The molecule has 0 unspecified atom stereocenters. The number of carbonyl (C=O) groups excluding carboxylic acids is 1. The zero-order chi connectivity index (χ0) is 12.7. The Morgan fingerprint density at radius 1 is 1.35 bits per heavy atom. The molecular weight excluding hydrogens is 278 g/mol. The summed E-state index contributed by atoms with van der Waals surface area (Å²) in [5, 5.41) is 3.02. The molecule has 0 aromatic heterocycles. The minimum Gasteiger partial charge on any atom is -0.353 e. The Hall–Kier alpha value is -0.830. The summed E-state index contributed by atoms with van der Waals surface area (Å²) in [4.78, 5) is 11.6. The quantitative estimate of drug-likeness (QED) is 0.802. The van der Waals surface area contributed by atoms with Crippen LogP contribution in [0.2, 0.25) is 0 Å². The minimum atomic E-state index is -0.0679. The van der Waals surface area contributed by atoms with Gasteiger partial charge in [-0.2, -0.15) is 0 Å². The number of alkyl halides is 1. The molecule has 17 heavy (non-hydrogen) atoms. The van der Waals surface area contributed by atoms with Gasteiger partial charge in [0, 0.05) is 6.04 Å². The Bertz CT molecular complexity index is 339. The third-order valence-electron chi connectivity index (χ3n) is 2.74. The summed E-state index contributed by atoms with van der Waals surface area (Å²) in [6.45, 7) is 4.05. The maximum absolute atomic E-state index is 11.6. The number of halogens is 1. The van der Waals surface area contributed by atoms with Crippen molar-refractivity contribution >= 4 is 21.8 Å². The van der Waals surface area contributed by atoms with Crippen LogP contribution in [0.25, 0.3) is 0 Å². The van der Waals surface area contributed by atoms with Crippen LogP contribution in [-0.4, -0.2) is 16.8 Å². The van der Waals surface area contributed by atoms with Gasteiger partial charge in [0.1, 0.15) is 0 Å². The minimum absolute atomic E-state index is 0.0679. The fourth-order valence-electron chi connectivity index (χ4n) is 1.62. The largest absolute Gasteiger partial charge is 0.353 e. The van der Waals surface area contributed by atoms with E-state index in [1.54, 1.807) is 0 Å². The van der Waals surface area contributed by atoms with E-state index in [0.29, 0.717) is 0 Å². The van der Waals surface area contributed by atoms with Gasteiger partial charge in [0.15, 0.2) is 0 Å². The van der Waals surface area contributed by atoms with E-state index in [-0.39, 0.29) is 16.8 Å². The normalized spacial score (nSPS) is 14.1. The van der Waals surface area contributed by atoms with E-state index >= 15 is 0 Å². The van der Waals surface area contributed by atoms with E-state index < -0.39 is 0 Å². The van der Waals surface area contributed by atoms with Gasteiger partial charge in [-0.25, -0.2) is 0 Å². The predicted molar refractivity (Wildman–Crippen MR) is 75.4 cm³/mol. The maximum Gasteiger partial charge on any atom is 0.233 e. The molecule has 0 aliphatic rings. The van der Waals surface area contributed by atoms with E-state index in [1.807, 2.05) is 25.1 Å². The highest BCUT2D eigenvalue weighted by Gasteiger charge is 2.14. The Morgan fingerprint density at radius 3 is 2.59 bits per heavy atom. The first-order valence-corrected chi connectivity index (χ1v) is 7.03. The van der Waals surface area contributed by atoms with Crippen molar-refractivity contribution in [1.29, 1.82) is 0 Å². The van der Waals surface area contributed by atoms with Gasteiger partial charge in [0.2, 0.25) is 5.91 Å². The lowest BCUT2D eigenvalue weighted by Crippen LogP contribution is -2.37. The molecule has 0 radical (unpaired) electrons. The summed E-state index contributed by atoms with van der Waals surface area (Å²) in [5.74, 6) is 0.0908. The van der Waals surface area contributed by atoms with Crippen molar-refractivity contribution < 1.29 is 4.79 Å². The van der Waals surface area contributed by atoms with Gasteiger partial charge in [0.25, 0.3) is 0 Å². The van der Waals surface area contributed by atoms with Crippen molar-refractivity contribution in [1.82, 2.24) is 5.32 Å². The molecule has 0 heterocycles. The Balaban J connectivity index is 2.30. The van der Waals surface area contributed by atoms with Crippen molar-refractivity contribution in [3.63, 3.8) is 0 Å². The molecule has 1 amide bonds. The van der Waals surface area contributed by atoms with Crippen molar-refractivity contribution in [2.45, 2.75) is 44.0 Å². The maximum atomic E-state index is 11.6. The first-order chi connectivity index (χ1) is 8.13. The lowest BCUT2D eigenvalue weighted by atomic mass is 10.1. The van der Waals surface area contributed by atoms with E-state index in [1.165, 1.54) is 5.56 Å². The van der Waals surface area contributed by atoms with Crippen LogP contribution >= 0.6 is 15.9 Å². The van der Waals surface area contributed by atoms with Gasteiger partial charge in [-0.1, -0.05) is 53.2 Å².